The second-order valence-electron chi connectivity index (χ2n) is 4.67. The molecule has 1 aromatic carbocycles. The minimum Gasteiger partial charge on any atom is -0.369 e. The van der Waals surface area contributed by atoms with Gasteiger partial charge in [0.1, 0.15) is 5.03 Å². The molecule has 0 aliphatic rings. The van der Waals surface area contributed by atoms with Crippen LogP contribution in [0.15, 0.2) is 46.5 Å². The van der Waals surface area contributed by atoms with Crippen LogP contribution in [0.1, 0.15) is 23.6 Å². The van der Waals surface area contributed by atoms with Crippen molar-refractivity contribution in [3.8, 4) is 0 Å². The van der Waals surface area contributed by atoms with Gasteiger partial charge < -0.3 is 5.73 Å². The summed E-state index contributed by atoms with van der Waals surface area (Å²) in [7, 11) is 0. The number of hydrogen-bond acceptors (Lipinski definition) is 3. The van der Waals surface area contributed by atoms with Crippen molar-refractivity contribution in [1.82, 2.24) is 4.98 Å². The van der Waals surface area contributed by atoms with Gasteiger partial charge in [0, 0.05) is 11.1 Å². The van der Waals surface area contributed by atoms with Gasteiger partial charge in [-0.25, -0.2) is 4.98 Å². The summed E-state index contributed by atoms with van der Waals surface area (Å²) in [6.07, 6.45) is 2.85. The lowest BCUT2D eigenvalue weighted by Gasteiger charge is -2.11. The van der Waals surface area contributed by atoms with Crippen molar-refractivity contribution < 1.29 is 4.79 Å². The number of amides is 1. The van der Waals surface area contributed by atoms with Crippen LogP contribution in [0.25, 0.3) is 0 Å². The van der Waals surface area contributed by atoms with Gasteiger partial charge in [0.05, 0.1) is 6.42 Å². The van der Waals surface area contributed by atoms with E-state index >= 15 is 0 Å². The van der Waals surface area contributed by atoms with E-state index in [1.54, 1.807) is 18.0 Å². The van der Waals surface area contributed by atoms with E-state index in [2.05, 4.69) is 43.1 Å². The Hall–Kier alpha value is -1.81. The van der Waals surface area contributed by atoms with Gasteiger partial charge >= 0.3 is 0 Å². The number of aromatic nitrogens is 1. The quantitative estimate of drug-likeness (QED) is 0.918. The van der Waals surface area contributed by atoms with E-state index in [9.17, 15) is 4.79 Å². The van der Waals surface area contributed by atoms with E-state index in [1.807, 2.05) is 6.07 Å². The molecule has 0 aliphatic heterocycles. The maximum Gasteiger partial charge on any atom is 0.221 e. The van der Waals surface area contributed by atoms with E-state index in [0.717, 1.165) is 27.5 Å². The normalized spacial score (nSPS) is 10.5. The minimum atomic E-state index is -0.308. The summed E-state index contributed by atoms with van der Waals surface area (Å²) in [5.74, 6) is -0.308. The molecule has 4 heteroatoms. The van der Waals surface area contributed by atoms with Gasteiger partial charge in [-0.15, -0.1) is 0 Å². The molecule has 0 saturated carbocycles. The molecule has 3 nitrogen and oxygen atoms in total. The summed E-state index contributed by atoms with van der Waals surface area (Å²) < 4.78 is 0. The highest BCUT2D eigenvalue weighted by Crippen LogP contribution is 2.30. The summed E-state index contributed by atoms with van der Waals surface area (Å²) in [4.78, 5) is 16.7. The number of carbonyl (C=O) groups is 1. The van der Waals surface area contributed by atoms with E-state index in [1.165, 1.54) is 5.56 Å². The van der Waals surface area contributed by atoms with Crippen molar-refractivity contribution in [1.29, 1.82) is 0 Å². The van der Waals surface area contributed by atoms with Gasteiger partial charge in [0.15, 0.2) is 0 Å². The molecule has 0 radical (unpaired) electrons. The third-order valence-corrected chi connectivity index (χ3v) is 4.12. The zero-order valence-electron chi connectivity index (χ0n) is 11.7. The average Bonchev–Trinajstić information content (AvgIpc) is 2.41. The molecule has 0 aliphatic carbocycles. The van der Waals surface area contributed by atoms with Gasteiger partial charge in [-0.1, -0.05) is 36.4 Å². The van der Waals surface area contributed by atoms with E-state index < -0.39 is 0 Å². The predicted molar refractivity (Wildman–Crippen MR) is 81.8 cm³/mol. The van der Waals surface area contributed by atoms with Crippen molar-refractivity contribution in [3.63, 3.8) is 0 Å². The fraction of sp³-hybridized carbons (Fsp3) is 0.250. The molecule has 0 saturated heterocycles. The maximum atomic E-state index is 11.1. The van der Waals surface area contributed by atoms with Gasteiger partial charge in [0.25, 0.3) is 0 Å². The topological polar surface area (TPSA) is 56.0 Å². The van der Waals surface area contributed by atoms with Crippen molar-refractivity contribution in [2.24, 2.45) is 5.73 Å². The number of primary amides is 1. The molecule has 0 atom stereocenters. The Kier molecular flexibility index (Phi) is 4.79. The third kappa shape index (κ3) is 3.61. The molecule has 2 N–H and O–H groups in total. The first-order valence-electron chi connectivity index (χ1n) is 6.59. The average molecular weight is 286 g/mol. The Morgan fingerprint density at radius 3 is 2.55 bits per heavy atom. The fourth-order valence-corrected chi connectivity index (χ4v) is 3.06. The van der Waals surface area contributed by atoms with Crippen molar-refractivity contribution >= 4 is 17.7 Å². The van der Waals surface area contributed by atoms with Crippen molar-refractivity contribution in [2.45, 2.75) is 36.6 Å². The van der Waals surface area contributed by atoms with Crippen LogP contribution in [0.5, 0.6) is 0 Å². The molecule has 1 amide bonds. The molecule has 0 fully saturated rings. The van der Waals surface area contributed by atoms with Crippen LogP contribution in [-0.4, -0.2) is 10.9 Å². The summed E-state index contributed by atoms with van der Waals surface area (Å²) in [5.41, 5.74) is 8.62. The standard InChI is InChI=1S/C16H18N2OS/c1-3-14-12(10-15(17)19)8-9-18-16(14)20-13-6-4-11(2)5-7-13/h4-9H,3,10H2,1-2H3,(H2,17,19). The highest BCUT2D eigenvalue weighted by atomic mass is 32.2. The van der Waals surface area contributed by atoms with Gasteiger partial charge in [-0.05, 0) is 42.7 Å². The number of rotatable bonds is 5. The summed E-state index contributed by atoms with van der Waals surface area (Å²) >= 11 is 1.63. The molecule has 104 valence electrons. The lowest BCUT2D eigenvalue weighted by atomic mass is 10.1. The lowest BCUT2D eigenvalue weighted by Crippen LogP contribution is -2.15. The van der Waals surface area contributed by atoms with E-state index in [0.29, 0.717) is 0 Å². The van der Waals surface area contributed by atoms with Crippen LogP contribution < -0.4 is 5.73 Å². The van der Waals surface area contributed by atoms with E-state index in [-0.39, 0.29) is 12.3 Å². The van der Waals surface area contributed by atoms with Crippen LogP contribution in [0.2, 0.25) is 0 Å². The summed E-state index contributed by atoms with van der Waals surface area (Å²) in [5, 5.41) is 0.954. The first-order chi connectivity index (χ1) is 9.60. The van der Waals surface area contributed by atoms with Crippen LogP contribution in [0.3, 0.4) is 0 Å². The third-order valence-electron chi connectivity index (χ3n) is 3.07. The van der Waals surface area contributed by atoms with Crippen LogP contribution in [0.4, 0.5) is 0 Å². The van der Waals surface area contributed by atoms with Crippen molar-refractivity contribution in [2.75, 3.05) is 0 Å². The number of nitrogens with zero attached hydrogens (tertiary/aromatic N) is 1. The second-order valence-corrected chi connectivity index (χ2v) is 5.73. The van der Waals surface area contributed by atoms with Crippen LogP contribution in [-0.2, 0) is 17.6 Å². The zero-order chi connectivity index (χ0) is 14.5. The number of pyridine rings is 1. The second kappa shape index (κ2) is 6.57. The number of hydrogen-bond donors (Lipinski definition) is 1. The maximum absolute atomic E-state index is 11.1. The monoisotopic (exact) mass is 286 g/mol. The zero-order valence-corrected chi connectivity index (χ0v) is 12.5. The summed E-state index contributed by atoms with van der Waals surface area (Å²) in [6.45, 7) is 4.14. The Labute approximate surface area is 123 Å². The molecule has 0 spiro atoms. The molecule has 2 aromatic rings. The first kappa shape index (κ1) is 14.6. The number of carbonyl (C=O) groups excluding carboxylic acids is 1. The summed E-state index contributed by atoms with van der Waals surface area (Å²) in [6, 6.07) is 10.2. The first-order valence-corrected chi connectivity index (χ1v) is 7.41. The Morgan fingerprint density at radius 1 is 1.25 bits per heavy atom. The smallest absolute Gasteiger partial charge is 0.221 e. The molecule has 1 heterocycles. The molecule has 1 aromatic heterocycles. The van der Waals surface area contributed by atoms with Crippen LogP contribution in [0, 0.1) is 6.92 Å². The van der Waals surface area contributed by atoms with Gasteiger partial charge in [-0.2, -0.15) is 0 Å². The number of benzene rings is 1. The molecular weight excluding hydrogens is 268 g/mol. The predicted octanol–water partition coefficient (Wildman–Crippen LogP) is 3.13. The van der Waals surface area contributed by atoms with Crippen molar-refractivity contribution in [3.05, 3.63) is 53.2 Å². The van der Waals surface area contributed by atoms with E-state index in [4.69, 9.17) is 5.73 Å². The largest absolute Gasteiger partial charge is 0.369 e. The van der Waals surface area contributed by atoms with Crippen LogP contribution >= 0.6 is 11.8 Å². The lowest BCUT2D eigenvalue weighted by molar-refractivity contribution is -0.117. The molecule has 0 unspecified atom stereocenters. The molecule has 2 rings (SSSR count). The fourth-order valence-electron chi connectivity index (χ4n) is 2.05. The highest BCUT2D eigenvalue weighted by Gasteiger charge is 2.11. The molecular formula is C16H18N2OS. The number of nitrogens with two attached hydrogens (primary N) is 1. The minimum absolute atomic E-state index is 0.271. The highest BCUT2D eigenvalue weighted by molar-refractivity contribution is 7.99. The van der Waals surface area contributed by atoms with Gasteiger partial charge in [0.2, 0.25) is 5.91 Å². The Bertz CT molecular complexity index is 608. The Morgan fingerprint density at radius 2 is 1.95 bits per heavy atom. The SMILES string of the molecule is CCc1c(CC(N)=O)ccnc1Sc1ccc(C)cc1. The molecule has 20 heavy (non-hydrogen) atoms. The Balaban J connectivity index is 2.31. The van der Waals surface area contributed by atoms with Gasteiger partial charge in [-0.3, -0.25) is 4.79 Å². The molecule has 0 bridgehead atoms. The number of aryl methyl sites for hydroxylation is 1.